The summed E-state index contributed by atoms with van der Waals surface area (Å²) in [7, 11) is 0. The van der Waals surface area contributed by atoms with E-state index in [0.29, 0.717) is 4.91 Å². The number of rotatable bonds is 5. The molecule has 1 aliphatic heterocycles. The first kappa shape index (κ1) is 20.9. The Morgan fingerprint density at radius 1 is 1.21 bits per heavy atom. The van der Waals surface area contributed by atoms with Crippen molar-refractivity contribution in [3.63, 3.8) is 0 Å². The summed E-state index contributed by atoms with van der Waals surface area (Å²) in [6.07, 6.45) is 2.53. The van der Waals surface area contributed by atoms with Crippen LogP contribution in [0.15, 0.2) is 35.2 Å². The number of nitrogens with zero attached hydrogens (tertiary/aromatic N) is 2. The van der Waals surface area contributed by atoms with Gasteiger partial charge in [-0.25, -0.2) is 0 Å². The Labute approximate surface area is 175 Å². The Bertz CT molecular complexity index is 1010. The minimum absolute atomic E-state index is 0.108. The van der Waals surface area contributed by atoms with Crippen molar-refractivity contribution in [2.75, 3.05) is 5.32 Å². The Balaban J connectivity index is 1.92. The predicted molar refractivity (Wildman–Crippen MR) is 117 cm³/mol. The quantitative estimate of drug-likeness (QED) is 0.711. The summed E-state index contributed by atoms with van der Waals surface area (Å²) in [5, 5.41) is 2.55. The highest BCUT2D eigenvalue weighted by molar-refractivity contribution is 8.18. The molecule has 1 N–H and O–H groups in total. The smallest absolute Gasteiger partial charge is 0.293 e. The second kappa shape index (κ2) is 8.29. The lowest BCUT2D eigenvalue weighted by molar-refractivity contribution is -0.124. The molecule has 0 bridgehead atoms. The highest BCUT2D eigenvalue weighted by atomic mass is 32.2. The van der Waals surface area contributed by atoms with Crippen LogP contribution in [0.4, 0.5) is 10.5 Å². The molecule has 2 heterocycles. The summed E-state index contributed by atoms with van der Waals surface area (Å²) >= 11 is 0.997. The van der Waals surface area contributed by atoms with Crippen LogP contribution in [0.1, 0.15) is 44.1 Å². The predicted octanol–water partition coefficient (Wildman–Crippen LogP) is 4.89. The molecule has 1 fully saturated rings. The molecule has 6 nitrogen and oxygen atoms in total. The molecule has 29 heavy (non-hydrogen) atoms. The number of thioether (sulfide) groups is 1. The second-order valence-corrected chi connectivity index (χ2v) is 8.19. The number of imide groups is 1. The minimum atomic E-state index is -0.223. The number of carbonyl (C=O) groups excluding carboxylic acids is 3. The average Bonchev–Trinajstić information content (AvgIpc) is 3.10. The molecule has 1 aromatic heterocycles. The maximum atomic E-state index is 12.7. The Morgan fingerprint density at radius 3 is 2.45 bits per heavy atom. The summed E-state index contributed by atoms with van der Waals surface area (Å²) < 4.78 is 2.09. The highest BCUT2D eigenvalue weighted by Crippen LogP contribution is 2.35. The number of aromatic nitrogens is 1. The lowest BCUT2D eigenvalue weighted by Gasteiger charge is -2.19. The Hall–Kier alpha value is -2.80. The molecule has 2 aromatic rings. The fraction of sp³-hybridized carbons (Fsp3) is 0.318. The van der Waals surface area contributed by atoms with E-state index in [2.05, 4.69) is 9.88 Å². The van der Waals surface area contributed by atoms with Gasteiger partial charge in [-0.05, 0) is 80.9 Å². The van der Waals surface area contributed by atoms with Crippen molar-refractivity contribution in [1.82, 2.24) is 9.47 Å². The monoisotopic (exact) mass is 411 g/mol. The maximum Gasteiger partial charge on any atom is 0.293 e. The lowest BCUT2D eigenvalue weighted by Crippen LogP contribution is -2.36. The zero-order valence-electron chi connectivity index (χ0n) is 17.3. The third-order valence-electron chi connectivity index (χ3n) is 5.06. The van der Waals surface area contributed by atoms with Gasteiger partial charge in [0.05, 0.1) is 4.91 Å². The zero-order chi connectivity index (χ0) is 21.3. The number of benzene rings is 1. The van der Waals surface area contributed by atoms with Crippen LogP contribution in [0.25, 0.3) is 11.8 Å². The van der Waals surface area contributed by atoms with Crippen molar-refractivity contribution >= 4 is 40.6 Å². The van der Waals surface area contributed by atoms with Crippen molar-refractivity contribution in [2.45, 2.75) is 47.1 Å². The molecule has 0 aliphatic carbocycles. The standard InChI is InChI=1S/C22H25N3O3S/c1-6-13(2)25-21(27)20(29-22(25)28)12-17-11-14(3)24(15(17)4)19-9-7-18(8-10-19)23-16(5)26/h7-13H,6H2,1-5H3,(H,23,26)/b20-12+/t13-/m1/s1. The number of aryl methyl sites for hydroxylation is 1. The third kappa shape index (κ3) is 4.15. The largest absolute Gasteiger partial charge is 0.326 e. The molecule has 1 aromatic carbocycles. The number of nitrogens with one attached hydrogen (secondary N) is 1. The van der Waals surface area contributed by atoms with E-state index in [1.807, 2.05) is 58.0 Å². The van der Waals surface area contributed by atoms with Crippen molar-refractivity contribution in [2.24, 2.45) is 0 Å². The van der Waals surface area contributed by atoms with Crippen LogP contribution >= 0.6 is 11.8 Å². The lowest BCUT2D eigenvalue weighted by atomic mass is 10.2. The minimum Gasteiger partial charge on any atom is -0.326 e. The normalized spacial score (nSPS) is 16.6. The first-order valence-corrected chi connectivity index (χ1v) is 10.4. The van der Waals surface area contributed by atoms with Crippen LogP contribution in [0.2, 0.25) is 0 Å². The van der Waals surface area contributed by atoms with Crippen LogP contribution in [0.5, 0.6) is 0 Å². The van der Waals surface area contributed by atoms with Crippen LogP contribution in [0.3, 0.4) is 0 Å². The topological polar surface area (TPSA) is 71.4 Å². The molecule has 1 saturated heterocycles. The van der Waals surface area contributed by atoms with Gasteiger partial charge >= 0.3 is 0 Å². The van der Waals surface area contributed by atoms with E-state index >= 15 is 0 Å². The number of carbonyl (C=O) groups is 3. The Kier molecular flexibility index (Phi) is 5.98. The average molecular weight is 412 g/mol. The van der Waals surface area contributed by atoms with E-state index in [1.54, 1.807) is 6.08 Å². The van der Waals surface area contributed by atoms with Crippen LogP contribution in [-0.4, -0.2) is 32.6 Å². The summed E-state index contributed by atoms with van der Waals surface area (Å²) in [4.78, 5) is 38.0. The first-order chi connectivity index (χ1) is 13.7. The van der Waals surface area contributed by atoms with Gasteiger partial charge in [-0.3, -0.25) is 19.3 Å². The van der Waals surface area contributed by atoms with Gasteiger partial charge in [-0.1, -0.05) is 6.92 Å². The molecule has 0 spiro atoms. The van der Waals surface area contributed by atoms with Crippen molar-refractivity contribution < 1.29 is 14.4 Å². The SMILES string of the molecule is CC[C@@H](C)N1C(=O)S/C(=C/c2cc(C)n(-c3ccc(NC(C)=O)cc3)c2C)C1=O. The van der Waals surface area contributed by atoms with E-state index in [0.717, 1.165) is 46.5 Å². The summed E-state index contributed by atoms with van der Waals surface area (Å²) in [6, 6.07) is 9.48. The van der Waals surface area contributed by atoms with E-state index in [4.69, 9.17) is 0 Å². The van der Waals surface area contributed by atoms with Gasteiger partial charge in [0, 0.05) is 35.7 Å². The fourth-order valence-corrected chi connectivity index (χ4v) is 4.33. The van der Waals surface area contributed by atoms with E-state index in [9.17, 15) is 14.4 Å². The highest BCUT2D eigenvalue weighted by Gasteiger charge is 2.37. The molecule has 7 heteroatoms. The molecule has 0 unspecified atom stereocenters. The number of hydrogen-bond acceptors (Lipinski definition) is 4. The maximum absolute atomic E-state index is 12.7. The second-order valence-electron chi connectivity index (χ2n) is 7.20. The molecule has 1 aliphatic rings. The van der Waals surface area contributed by atoms with Gasteiger partial charge in [0.15, 0.2) is 0 Å². The van der Waals surface area contributed by atoms with Gasteiger partial charge in [0.2, 0.25) is 5.91 Å². The molecule has 152 valence electrons. The van der Waals surface area contributed by atoms with Crippen molar-refractivity contribution in [1.29, 1.82) is 0 Å². The summed E-state index contributed by atoms with van der Waals surface area (Å²) in [6.45, 7) is 9.30. The first-order valence-electron chi connectivity index (χ1n) is 9.57. The zero-order valence-corrected chi connectivity index (χ0v) is 18.1. The van der Waals surface area contributed by atoms with Crippen LogP contribution < -0.4 is 5.32 Å². The Morgan fingerprint density at radius 2 is 1.86 bits per heavy atom. The van der Waals surface area contributed by atoms with Gasteiger partial charge in [0.25, 0.3) is 11.1 Å². The van der Waals surface area contributed by atoms with Crippen molar-refractivity contribution in [3.8, 4) is 5.69 Å². The molecule has 0 radical (unpaired) electrons. The molecule has 3 amide bonds. The number of anilines is 1. The van der Waals surface area contributed by atoms with Crippen LogP contribution in [-0.2, 0) is 9.59 Å². The van der Waals surface area contributed by atoms with Crippen molar-refractivity contribution in [3.05, 3.63) is 52.2 Å². The molecule has 3 rings (SSSR count). The van der Waals surface area contributed by atoms with Crippen LogP contribution in [0, 0.1) is 13.8 Å². The third-order valence-corrected chi connectivity index (χ3v) is 5.94. The number of amides is 3. The summed E-state index contributed by atoms with van der Waals surface area (Å²) in [5.74, 6) is -0.335. The number of hydrogen-bond donors (Lipinski definition) is 1. The van der Waals surface area contributed by atoms with E-state index in [1.165, 1.54) is 11.8 Å². The van der Waals surface area contributed by atoms with E-state index in [-0.39, 0.29) is 23.1 Å². The van der Waals surface area contributed by atoms with Gasteiger partial charge in [0.1, 0.15) is 0 Å². The molecular formula is C22H25N3O3S. The molecule has 0 saturated carbocycles. The van der Waals surface area contributed by atoms with Gasteiger partial charge in [-0.15, -0.1) is 0 Å². The molecular weight excluding hydrogens is 386 g/mol. The van der Waals surface area contributed by atoms with Gasteiger partial charge in [-0.2, -0.15) is 0 Å². The molecule has 1 atom stereocenters. The fourth-order valence-electron chi connectivity index (χ4n) is 3.41. The van der Waals surface area contributed by atoms with Gasteiger partial charge < -0.3 is 9.88 Å². The summed E-state index contributed by atoms with van der Waals surface area (Å²) in [5.41, 5.74) is 4.60. The van der Waals surface area contributed by atoms with E-state index < -0.39 is 0 Å².